The number of fused-ring (bicyclic) bond motifs is 2. The highest BCUT2D eigenvalue weighted by atomic mass is 19.4. The first-order valence-electron chi connectivity index (χ1n) is 10.3. The lowest BCUT2D eigenvalue weighted by molar-refractivity contribution is -0.202. The third-order valence-electron chi connectivity index (χ3n) is 5.62. The normalized spacial score (nSPS) is 26.7. The first-order valence-corrected chi connectivity index (χ1v) is 10.3. The third-order valence-corrected chi connectivity index (χ3v) is 5.62. The zero-order chi connectivity index (χ0) is 23.4. The first-order chi connectivity index (χ1) is 15.6. The second-order valence-corrected chi connectivity index (χ2v) is 8.42. The van der Waals surface area contributed by atoms with Gasteiger partial charge in [0.1, 0.15) is 30.2 Å². The number of ether oxygens (including phenoxy) is 4. The Morgan fingerprint density at radius 1 is 1.09 bits per heavy atom. The van der Waals surface area contributed by atoms with Crippen molar-refractivity contribution < 1.29 is 32.1 Å². The maximum Gasteiger partial charge on any atom is 0.416 e. The minimum atomic E-state index is -4.37. The molecule has 12 heteroatoms. The van der Waals surface area contributed by atoms with Crippen molar-refractivity contribution in [3.63, 3.8) is 0 Å². The number of halogens is 3. The summed E-state index contributed by atoms with van der Waals surface area (Å²) >= 11 is 0. The number of aromatic nitrogens is 4. The van der Waals surface area contributed by atoms with Gasteiger partial charge in [-0.3, -0.25) is 4.57 Å². The van der Waals surface area contributed by atoms with E-state index in [1.807, 2.05) is 13.8 Å². The Morgan fingerprint density at radius 2 is 1.82 bits per heavy atom. The lowest BCUT2D eigenvalue weighted by Gasteiger charge is -2.24. The van der Waals surface area contributed by atoms with Crippen molar-refractivity contribution in [3.8, 4) is 0 Å². The molecule has 2 aliphatic heterocycles. The molecule has 2 aromatic heterocycles. The number of nitrogens with zero attached hydrogens (tertiary/aromatic N) is 4. The van der Waals surface area contributed by atoms with Gasteiger partial charge in [0.05, 0.1) is 25.1 Å². The number of nitrogen functional groups attached to an aromatic ring is 1. The topological polar surface area (TPSA) is 107 Å². The summed E-state index contributed by atoms with van der Waals surface area (Å²) in [5.74, 6) is -0.568. The van der Waals surface area contributed by atoms with Gasteiger partial charge in [0, 0.05) is 0 Å². The Labute approximate surface area is 186 Å². The second kappa shape index (κ2) is 7.90. The highest BCUT2D eigenvalue weighted by Crippen LogP contribution is 2.44. The number of alkyl halides is 3. The highest BCUT2D eigenvalue weighted by molar-refractivity contribution is 5.81. The average molecular weight is 465 g/mol. The van der Waals surface area contributed by atoms with Gasteiger partial charge in [-0.05, 0) is 31.5 Å². The molecule has 4 atom stereocenters. The summed E-state index contributed by atoms with van der Waals surface area (Å²) in [6, 6.07) is 4.85. The molecule has 9 nitrogen and oxygen atoms in total. The summed E-state index contributed by atoms with van der Waals surface area (Å²) in [6.07, 6.45) is -3.40. The van der Waals surface area contributed by atoms with Crippen molar-refractivity contribution in [2.45, 2.75) is 57.0 Å². The molecule has 0 aliphatic carbocycles. The van der Waals surface area contributed by atoms with E-state index < -0.39 is 42.1 Å². The van der Waals surface area contributed by atoms with Gasteiger partial charge < -0.3 is 24.7 Å². The van der Waals surface area contributed by atoms with Crippen LogP contribution in [0.15, 0.2) is 36.9 Å². The molecule has 0 unspecified atom stereocenters. The van der Waals surface area contributed by atoms with Gasteiger partial charge in [-0.2, -0.15) is 13.2 Å². The SMILES string of the molecule is CC1(C)O[C@@H]2[C@H](O1)[C@@H](COCc1ccc(C(F)(F)F)cc1)O[C@H]2n1cnc2c(N)ncnc21. The van der Waals surface area contributed by atoms with Crippen LogP contribution in [0.25, 0.3) is 11.2 Å². The van der Waals surface area contributed by atoms with Crippen molar-refractivity contribution in [2.24, 2.45) is 0 Å². The summed E-state index contributed by atoms with van der Waals surface area (Å²) in [5.41, 5.74) is 6.77. The zero-order valence-corrected chi connectivity index (χ0v) is 17.8. The standard InChI is InChI=1S/C21H22F3N5O4/c1-20(2)32-15-13(8-30-7-11-3-5-12(6-4-11)21(22,23)24)31-19(16(15)33-20)29-10-28-14-17(25)26-9-27-18(14)29/h3-6,9-10,13,15-16,19H,7-8H2,1-2H3,(H2,25,26,27)/t13-,15-,16-,19-/m1/s1. The Balaban J connectivity index is 1.30. The number of hydrogen-bond acceptors (Lipinski definition) is 8. The first kappa shape index (κ1) is 22.0. The minimum absolute atomic E-state index is 0.127. The van der Waals surface area contributed by atoms with E-state index in [2.05, 4.69) is 15.0 Å². The molecule has 2 aliphatic rings. The average Bonchev–Trinajstić information content (AvgIpc) is 3.40. The summed E-state index contributed by atoms with van der Waals surface area (Å²) in [7, 11) is 0. The molecule has 0 saturated carbocycles. The Hall–Kier alpha value is -2.80. The Bertz CT molecular complexity index is 1150. The van der Waals surface area contributed by atoms with E-state index in [0.717, 1.165) is 12.1 Å². The van der Waals surface area contributed by atoms with Crippen LogP contribution < -0.4 is 5.73 Å². The maximum absolute atomic E-state index is 12.7. The summed E-state index contributed by atoms with van der Waals surface area (Å²) < 4.78 is 64.1. The van der Waals surface area contributed by atoms with E-state index >= 15 is 0 Å². The lowest BCUT2D eigenvalue weighted by atomic mass is 10.1. The van der Waals surface area contributed by atoms with Crippen LogP contribution in [0.4, 0.5) is 19.0 Å². The molecule has 33 heavy (non-hydrogen) atoms. The van der Waals surface area contributed by atoms with Crippen LogP contribution in [0, 0.1) is 0 Å². The molecule has 0 bridgehead atoms. The number of anilines is 1. The Morgan fingerprint density at radius 3 is 2.55 bits per heavy atom. The van der Waals surface area contributed by atoms with Crippen LogP contribution in [-0.2, 0) is 31.7 Å². The maximum atomic E-state index is 12.7. The van der Waals surface area contributed by atoms with Crippen LogP contribution in [-0.4, -0.2) is 50.2 Å². The van der Waals surface area contributed by atoms with Crippen molar-refractivity contribution in [1.29, 1.82) is 0 Å². The van der Waals surface area contributed by atoms with Gasteiger partial charge in [0.2, 0.25) is 0 Å². The number of rotatable bonds is 5. The molecular weight excluding hydrogens is 443 g/mol. The zero-order valence-electron chi connectivity index (χ0n) is 17.8. The van der Waals surface area contributed by atoms with Crippen LogP contribution in [0.3, 0.4) is 0 Å². The Kier molecular flexibility index (Phi) is 5.27. The van der Waals surface area contributed by atoms with Crippen LogP contribution in [0.1, 0.15) is 31.2 Å². The van der Waals surface area contributed by atoms with E-state index in [4.69, 9.17) is 24.7 Å². The number of benzene rings is 1. The molecule has 4 heterocycles. The summed E-state index contributed by atoms with van der Waals surface area (Å²) in [5, 5.41) is 0. The van der Waals surface area contributed by atoms with Crippen molar-refractivity contribution in [2.75, 3.05) is 12.3 Å². The largest absolute Gasteiger partial charge is 0.416 e. The highest BCUT2D eigenvalue weighted by Gasteiger charge is 2.56. The molecule has 1 aromatic carbocycles. The van der Waals surface area contributed by atoms with Gasteiger partial charge >= 0.3 is 6.18 Å². The van der Waals surface area contributed by atoms with E-state index in [1.165, 1.54) is 18.5 Å². The van der Waals surface area contributed by atoms with Crippen molar-refractivity contribution in [1.82, 2.24) is 19.5 Å². The fourth-order valence-electron chi connectivity index (χ4n) is 4.16. The van der Waals surface area contributed by atoms with Crippen LogP contribution >= 0.6 is 0 Å². The summed E-state index contributed by atoms with van der Waals surface area (Å²) in [4.78, 5) is 12.5. The minimum Gasteiger partial charge on any atom is -0.382 e. The van der Waals surface area contributed by atoms with E-state index in [1.54, 1.807) is 10.9 Å². The van der Waals surface area contributed by atoms with E-state index in [0.29, 0.717) is 16.7 Å². The van der Waals surface area contributed by atoms with Crippen molar-refractivity contribution >= 4 is 17.0 Å². The molecule has 3 aromatic rings. The monoisotopic (exact) mass is 465 g/mol. The predicted molar refractivity (Wildman–Crippen MR) is 109 cm³/mol. The fraction of sp³-hybridized carbons (Fsp3) is 0.476. The molecule has 0 radical (unpaired) electrons. The number of imidazole rings is 1. The van der Waals surface area contributed by atoms with Crippen LogP contribution in [0.5, 0.6) is 0 Å². The fourth-order valence-corrected chi connectivity index (χ4v) is 4.16. The lowest BCUT2D eigenvalue weighted by Crippen LogP contribution is -2.32. The van der Waals surface area contributed by atoms with Gasteiger partial charge in [0.25, 0.3) is 0 Å². The van der Waals surface area contributed by atoms with Gasteiger partial charge in [0.15, 0.2) is 23.5 Å². The third kappa shape index (κ3) is 4.14. The predicted octanol–water partition coefficient (Wildman–Crippen LogP) is 3.06. The molecule has 5 rings (SSSR count). The molecular formula is C21H22F3N5O4. The molecule has 0 amide bonds. The number of hydrogen-bond donors (Lipinski definition) is 1. The number of nitrogens with two attached hydrogens (primary N) is 1. The quantitative estimate of drug-likeness (QED) is 0.613. The van der Waals surface area contributed by atoms with Gasteiger partial charge in [-0.25, -0.2) is 15.0 Å². The second-order valence-electron chi connectivity index (χ2n) is 8.42. The van der Waals surface area contributed by atoms with Gasteiger partial charge in [-0.1, -0.05) is 12.1 Å². The van der Waals surface area contributed by atoms with E-state index in [9.17, 15) is 13.2 Å². The van der Waals surface area contributed by atoms with Crippen LogP contribution in [0.2, 0.25) is 0 Å². The summed E-state index contributed by atoms with van der Waals surface area (Å²) in [6.45, 7) is 3.91. The molecule has 2 fully saturated rings. The molecule has 0 spiro atoms. The van der Waals surface area contributed by atoms with Gasteiger partial charge in [-0.15, -0.1) is 0 Å². The molecule has 2 saturated heterocycles. The van der Waals surface area contributed by atoms with Crippen molar-refractivity contribution in [3.05, 3.63) is 48.0 Å². The van der Waals surface area contributed by atoms with E-state index in [-0.39, 0.29) is 19.0 Å². The molecule has 2 N–H and O–H groups in total. The molecule has 176 valence electrons. The smallest absolute Gasteiger partial charge is 0.382 e.